The molecule has 0 aromatic carbocycles. The second-order valence-corrected chi connectivity index (χ2v) is 7.28. The molecule has 0 radical (unpaired) electrons. The van der Waals surface area contributed by atoms with Gasteiger partial charge in [-0.2, -0.15) is 5.10 Å². The predicted molar refractivity (Wildman–Crippen MR) is 97.0 cm³/mol. The Morgan fingerprint density at radius 2 is 1.84 bits per heavy atom. The standard InChI is InChI=1S/C19H25N5O/c1-13-10-14(2)21-19(20-13)23-9-5-7-16(23)12-24-18(25)11-15-6-3-4-8-17(15)22-24/h10-11,16H,3-9,12H2,1-2H3. The van der Waals surface area contributed by atoms with Gasteiger partial charge in [0.2, 0.25) is 5.95 Å². The predicted octanol–water partition coefficient (Wildman–Crippen LogP) is 2.20. The summed E-state index contributed by atoms with van der Waals surface area (Å²) in [5.41, 5.74) is 4.25. The second kappa shape index (κ2) is 6.58. The molecule has 1 saturated heterocycles. The molecule has 0 bridgehead atoms. The van der Waals surface area contributed by atoms with Gasteiger partial charge in [-0.25, -0.2) is 14.6 Å². The maximum absolute atomic E-state index is 12.5. The molecule has 25 heavy (non-hydrogen) atoms. The first-order chi connectivity index (χ1) is 12.1. The van der Waals surface area contributed by atoms with E-state index in [4.69, 9.17) is 0 Å². The zero-order chi connectivity index (χ0) is 17.4. The Morgan fingerprint density at radius 3 is 2.64 bits per heavy atom. The summed E-state index contributed by atoms with van der Waals surface area (Å²) < 4.78 is 1.66. The van der Waals surface area contributed by atoms with Gasteiger partial charge in [-0.1, -0.05) is 0 Å². The van der Waals surface area contributed by atoms with Crippen LogP contribution in [0.2, 0.25) is 0 Å². The fraction of sp³-hybridized carbons (Fsp3) is 0.579. The largest absolute Gasteiger partial charge is 0.336 e. The molecule has 6 heteroatoms. The zero-order valence-electron chi connectivity index (χ0n) is 15.0. The van der Waals surface area contributed by atoms with Crippen LogP contribution in [0, 0.1) is 13.8 Å². The van der Waals surface area contributed by atoms with Crippen molar-refractivity contribution in [2.75, 3.05) is 11.4 Å². The van der Waals surface area contributed by atoms with Crippen molar-refractivity contribution in [1.82, 2.24) is 19.7 Å². The number of fused-ring (bicyclic) bond motifs is 1. The molecule has 1 aliphatic carbocycles. The summed E-state index contributed by atoms with van der Waals surface area (Å²) in [4.78, 5) is 23.9. The molecule has 2 aliphatic rings. The molecule has 4 rings (SSSR count). The smallest absolute Gasteiger partial charge is 0.267 e. The number of nitrogens with zero attached hydrogens (tertiary/aromatic N) is 5. The van der Waals surface area contributed by atoms with Gasteiger partial charge in [0.15, 0.2) is 0 Å². The first-order valence-corrected chi connectivity index (χ1v) is 9.29. The van der Waals surface area contributed by atoms with E-state index in [-0.39, 0.29) is 11.6 Å². The van der Waals surface area contributed by atoms with Crippen molar-refractivity contribution in [1.29, 1.82) is 0 Å². The highest BCUT2D eigenvalue weighted by Crippen LogP contribution is 2.24. The van der Waals surface area contributed by atoms with Crippen molar-refractivity contribution < 1.29 is 0 Å². The fourth-order valence-electron chi connectivity index (χ4n) is 4.06. The van der Waals surface area contributed by atoms with Crippen LogP contribution in [0.25, 0.3) is 0 Å². The van der Waals surface area contributed by atoms with Crippen LogP contribution in [0.15, 0.2) is 16.9 Å². The number of aromatic nitrogens is 4. The number of hydrogen-bond acceptors (Lipinski definition) is 5. The molecule has 1 aliphatic heterocycles. The van der Waals surface area contributed by atoms with Gasteiger partial charge < -0.3 is 4.90 Å². The lowest BCUT2D eigenvalue weighted by Gasteiger charge is -2.26. The molecule has 132 valence electrons. The van der Waals surface area contributed by atoms with E-state index in [1.165, 1.54) is 12.8 Å². The molecule has 0 amide bonds. The lowest BCUT2D eigenvalue weighted by molar-refractivity contribution is 0.470. The summed E-state index contributed by atoms with van der Waals surface area (Å²) in [6, 6.07) is 4.02. The van der Waals surface area contributed by atoms with Crippen molar-refractivity contribution in [2.45, 2.75) is 65.0 Å². The van der Waals surface area contributed by atoms with E-state index in [2.05, 4.69) is 20.0 Å². The van der Waals surface area contributed by atoms with Crippen molar-refractivity contribution in [3.05, 3.63) is 45.1 Å². The van der Waals surface area contributed by atoms with Crippen molar-refractivity contribution in [3.8, 4) is 0 Å². The number of aryl methyl sites for hydroxylation is 4. The highest BCUT2D eigenvalue weighted by molar-refractivity contribution is 5.35. The van der Waals surface area contributed by atoms with Crippen LogP contribution >= 0.6 is 0 Å². The molecule has 1 unspecified atom stereocenters. The van der Waals surface area contributed by atoms with E-state index >= 15 is 0 Å². The molecule has 0 spiro atoms. The molecule has 3 heterocycles. The maximum atomic E-state index is 12.5. The molecule has 1 fully saturated rings. The number of hydrogen-bond donors (Lipinski definition) is 0. The van der Waals surface area contributed by atoms with Gasteiger partial charge in [0.1, 0.15) is 0 Å². The molecule has 2 aromatic rings. The van der Waals surface area contributed by atoms with Gasteiger partial charge in [0.25, 0.3) is 5.56 Å². The summed E-state index contributed by atoms with van der Waals surface area (Å²) in [7, 11) is 0. The first-order valence-electron chi connectivity index (χ1n) is 9.29. The molecule has 0 N–H and O–H groups in total. The summed E-state index contributed by atoms with van der Waals surface area (Å²) >= 11 is 0. The highest BCUT2D eigenvalue weighted by Gasteiger charge is 2.28. The van der Waals surface area contributed by atoms with Crippen LogP contribution in [0.5, 0.6) is 0 Å². The molecular formula is C19H25N5O. The van der Waals surface area contributed by atoms with Crippen LogP contribution in [0.4, 0.5) is 5.95 Å². The van der Waals surface area contributed by atoms with Crippen molar-refractivity contribution in [2.24, 2.45) is 0 Å². The van der Waals surface area contributed by atoms with Crippen LogP contribution in [-0.4, -0.2) is 32.3 Å². The molecule has 2 aromatic heterocycles. The minimum absolute atomic E-state index is 0.0221. The van der Waals surface area contributed by atoms with E-state index in [0.717, 1.165) is 60.8 Å². The second-order valence-electron chi connectivity index (χ2n) is 7.28. The Balaban J connectivity index is 1.60. The van der Waals surface area contributed by atoms with Crippen molar-refractivity contribution in [3.63, 3.8) is 0 Å². The van der Waals surface area contributed by atoms with E-state index < -0.39 is 0 Å². The molecule has 1 atom stereocenters. The molecular weight excluding hydrogens is 314 g/mol. The minimum atomic E-state index is 0.0221. The van der Waals surface area contributed by atoms with Gasteiger partial charge in [0.05, 0.1) is 18.3 Å². The van der Waals surface area contributed by atoms with Crippen LogP contribution in [0.1, 0.15) is 48.3 Å². The van der Waals surface area contributed by atoms with E-state index in [0.29, 0.717) is 6.54 Å². The Kier molecular flexibility index (Phi) is 4.27. The fourth-order valence-corrected chi connectivity index (χ4v) is 4.06. The van der Waals surface area contributed by atoms with Crippen LogP contribution < -0.4 is 10.5 Å². The average molecular weight is 339 g/mol. The summed E-state index contributed by atoms with van der Waals surface area (Å²) in [5, 5.41) is 4.68. The van der Waals surface area contributed by atoms with Gasteiger partial charge in [-0.3, -0.25) is 4.79 Å². The maximum Gasteiger partial charge on any atom is 0.267 e. The number of anilines is 1. The van der Waals surface area contributed by atoms with E-state index in [1.807, 2.05) is 19.9 Å². The monoisotopic (exact) mass is 339 g/mol. The number of rotatable bonds is 3. The molecule has 0 saturated carbocycles. The van der Waals surface area contributed by atoms with Gasteiger partial charge in [0, 0.05) is 24.0 Å². The Morgan fingerprint density at radius 1 is 1.08 bits per heavy atom. The van der Waals surface area contributed by atoms with Crippen molar-refractivity contribution >= 4 is 5.95 Å². The first kappa shape index (κ1) is 16.2. The third-order valence-electron chi connectivity index (χ3n) is 5.26. The average Bonchev–Trinajstić information content (AvgIpc) is 3.03. The Hall–Kier alpha value is -2.24. The van der Waals surface area contributed by atoms with Crippen LogP contribution in [0.3, 0.4) is 0 Å². The van der Waals surface area contributed by atoms with Gasteiger partial charge >= 0.3 is 0 Å². The molecule has 6 nitrogen and oxygen atoms in total. The quantitative estimate of drug-likeness (QED) is 0.858. The zero-order valence-corrected chi connectivity index (χ0v) is 15.0. The Labute approximate surface area is 147 Å². The van der Waals surface area contributed by atoms with Gasteiger partial charge in [-0.15, -0.1) is 0 Å². The third-order valence-corrected chi connectivity index (χ3v) is 5.26. The summed E-state index contributed by atoms with van der Waals surface area (Å²) in [6.07, 6.45) is 6.46. The topological polar surface area (TPSA) is 63.9 Å². The van der Waals surface area contributed by atoms with E-state index in [1.54, 1.807) is 10.7 Å². The lowest BCUT2D eigenvalue weighted by atomic mass is 9.97. The normalized spacial score (nSPS) is 19.9. The SMILES string of the molecule is Cc1cc(C)nc(N2CCCC2Cn2nc3c(cc2=O)CCCC3)n1. The van der Waals surface area contributed by atoms with Gasteiger partial charge in [-0.05, 0) is 64.0 Å². The third kappa shape index (κ3) is 3.30. The Bertz CT molecular complexity index is 824. The summed E-state index contributed by atoms with van der Waals surface area (Å²) in [6.45, 7) is 5.55. The summed E-state index contributed by atoms with van der Waals surface area (Å²) in [5.74, 6) is 0.783. The van der Waals surface area contributed by atoms with E-state index in [9.17, 15) is 4.79 Å². The minimum Gasteiger partial charge on any atom is -0.336 e. The lowest BCUT2D eigenvalue weighted by Crippen LogP contribution is -2.38. The highest BCUT2D eigenvalue weighted by atomic mass is 16.1. The van der Waals surface area contributed by atoms with Crippen LogP contribution in [-0.2, 0) is 19.4 Å².